The predicted octanol–water partition coefficient (Wildman–Crippen LogP) is 6.42. The molecule has 3 atom stereocenters. The first-order chi connectivity index (χ1) is 15.3. The van der Waals surface area contributed by atoms with Gasteiger partial charge in [0.15, 0.2) is 6.04 Å². The van der Waals surface area contributed by atoms with E-state index in [0.29, 0.717) is 12.1 Å². The normalized spacial score (nSPS) is 25.7. The van der Waals surface area contributed by atoms with E-state index in [1.165, 1.54) is 22.5 Å². The number of hydrogen-bond donors (Lipinski definition) is 0. The molecule has 2 heteroatoms. The van der Waals surface area contributed by atoms with Crippen LogP contribution in [0.1, 0.15) is 23.6 Å². The lowest BCUT2D eigenvalue weighted by molar-refractivity contribution is -0.616. The molecule has 0 spiro atoms. The van der Waals surface area contributed by atoms with E-state index in [1.54, 1.807) is 0 Å². The van der Waals surface area contributed by atoms with Crippen molar-refractivity contribution in [1.82, 2.24) is 4.48 Å². The summed E-state index contributed by atoms with van der Waals surface area (Å²) in [6, 6.07) is 44.5. The number of nitrogens with zero attached hydrogens (tertiary/aromatic N) is 2. The molecule has 4 aromatic carbocycles. The molecule has 4 aromatic rings. The van der Waals surface area contributed by atoms with Crippen LogP contribution in [-0.4, -0.2) is 17.3 Å². The molecule has 0 aliphatic carbocycles. The maximum Gasteiger partial charge on any atom is 0.378 e. The Kier molecular flexibility index (Phi) is 3.99. The van der Waals surface area contributed by atoms with E-state index >= 15 is 0 Å². The molecule has 2 aliphatic heterocycles. The lowest BCUT2D eigenvalue weighted by atomic mass is 10.0. The van der Waals surface area contributed by atoms with Gasteiger partial charge in [-0.15, -0.1) is 0 Å². The van der Waals surface area contributed by atoms with Crippen molar-refractivity contribution in [2.45, 2.75) is 24.2 Å². The second-order valence-corrected chi connectivity index (χ2v) is 8.63. The van der Waals surface area contributed by atoms with Gasteiger partial charge in [0.25, 0.3) is 0 Å². The van der Waals surface area contributed by atoms with Crippen molar-refractivity contribution in [3.63, 3.8) is 0 Å². The van der Waals surface area contributed by atoms with Crippen LogP contribution in [0, 0.1) is 0 Å². The zero-order chi connectivity index (χ0) is 20.9. The third kappa shape index (κ3) is 2.28. The van der Waals surface area contributed by atoms with Crippen LogP contribution in [0.5, 0.6) is 0 Å². The molecule has 150 valence electrons. The first kappa shape index (κ1) is 18.3. The summed E-state index contributed by atoms with van der Waals surface area (Å²) in [5.41, 5.74) is 5.09. The molecule has 0 amide bonds. The van der Waals surface area contributed by atoms with Crippen molar-refractivity contribution in [2.24, 2.45) is 0 Å². The van der Waals surface area contributed by atoms with Gasteiger partial charge in [0.2, 0.25) is 6.04 Å². The van der Waals surface area contributed by atoms with Crippen LogP contribution >= 0.6 is 0 Å². The molecule has 6 rings (SSSR count). The highest BCUT2D eigenvalue weighted by atomic mass is 15.7. The molecular formula is C29H26N2+2. The Morgan fingerprint density at radius 1 is 0.645 bits per heavy atom. The zero-order valence-corrected chi connectivity index (χ0v) is 17.5. The fraction of sp³-hybridized carbons (Fsp3) is 0.138. The van der Waals surface area contributed by atoms with Gasteiger partial charge >= 0.3 is 5.66 Å². The van der Waals surface area contributed by atoms with Crippen molar-refractivity contribution in [3.8, 4) is 0 Å². The number of hydrogen-bond acceptors (Lipinski definition) is 0. The van der Waals surface area contributed by atoms with Crippen LogP contribution in [0.15, 0.2) is 121 Å². The minimum Gasteiger partial charge on any atom is -0.175 e. The van der Waals surface area contributed by atoms with E-state index in [-0.39, 0.29) is 5.66 Å². The van der Waals surface area contributed by atoms with E-state index in [2.05, 4.69) is 126 Å². The molecule has 2 heterocycles. The first-order valence-electron chi connectivity index (χ1n) is 11.0. The molecule has 2 fully saturated rings. The maximum absolute atomic E-state index is 4.73. The highest BCUT2D eigenvalue weighted by Gasteiger charge is 2.94. The summed E-state index contributed by atoms with van der Waals surface area (Å²) < 4.78 is 3.20. The highest BCUT2D eigenvalue weighted by Crippen LogP contribution is 2.72. The van der Waals surface area contributed by atoms with Gasteiger partial charge in [0.1, 0.15) is 18.1 Å². The predicted molar refractivity (Wildman–Crippen MR) is 127 cm³/mol. The van der Waals surface area contributed by atoms with Gasteiger partial charge in [-0.1, -0.05) is 84.9 Å². The summed E-state index contributed by atoms with van der Waals surface area (Å²) in [4.78, 5) is 0. The molecule has 2 aliphatic rings. The lowest BCUT2D eigenvalue weighted by Gasteiger charge is -2.28. The van der Waals surface area contributed by atoms with Crippen molar-refractivity contribution >= 4 is 18.1 Å². The lowest BCUT2D eigenvalue weighted by Crippen LogP contribution is -2.41. The van der Waals surface area contributed by atoms with E-state index in [9.17, 15) is 0 Å². The van der Waals surface area contributed by atoms with Crippen LogP contribution in [-0.2, 0) is 5.66 Å². The van der Waals surface area contributed by atoms with Crippen LogP contribution in [0.3, 0.4) is 0 Å². The molecule has 2 saturated heterocycles. The van der Waals surface area contributed by atoms with E-state index in [0.717, 1.165) is 10.9 Å². The zero-order valence-electron chi connectivity index (χ0n) is 17.5. The van der Waals surface area contributed by atoms with Gasteiger partial charge in [-0.3, -0.25) is 0 Å². The average molecular weight is 403 g/mol. The standard InChI is InChI=1S/C29H26N2/c1-30-27(23-14-6-2-7-15-23)22-28-29(30,24-16-8-3-9-17-24)31(28,25-18-10-4-11-19-25)26-20-12-5-13-21-26/h2-21,27-28H,1,22H2/q+2/t27?,28-,29+/m1/s1. The van der Waals surface area contributed by atoms with Crippen LogP contribution < -0.4 is 4.48 Å². The molecule has 0 radical (unpaired) electrons. The number of para-hydroxylation sites is 2. The average Bonchev–Trinajstić information content (AvgIpc) is 3.36. The van der Waals surface area contributed by atoms with Gasteiger partial charge in [-0.2, -0.15) is 9.06 Å². The number of fused-ring (bicyclic) bond motifs is 1. The SMILES string of the molecule is C=[N+]1C(c2ccccc2)C[C@@H]2[C@]1(c1ccccc1)[N+]2(c1ccccc1)c1ccccc1. The summed E-state index contributed by atoms with van der Waals surface area (Å²) in [5.74, 6) is 0. The smallest absolute Gasteiger partial charge is 0.175 e. The Morgan fingerprint density at radius 3 is 1.61 bits per heavy atom. The Bertz CT molecular complexity index is 1180. The molecule has 0 bridgehead atoms. The second-order valence-electron chi connectivity index (χ2n) is 8.63. The largest absolute Gasteiger partial charge is 0.378 e. The molecule has 2 nitrogen and oxygen atoms in total. The Morgan fingerprint density at radius 2 is 1.10 bits per heavy atom. The minimum absolute atomic E-state index is 0.232. The molecular weight excluding hydrogens is 376 g/mol. The Hall–Kier alpha value is -3.49. The van der Waals surface area contributed by atoms with Crippen molar-refractivity contribution in [3.05, 3.63) is 132 Å². The maximum atomic E-state index is 4.73. The van der Waals surface area contributed by atoms with Crippen LogP contribution in [0.25, 0.3) is 0 Å². The van der Waals surface area contributed by atoms with Crippen LogP contribution in [0.2, 0.25) is 0 Å². The second kappa shape index (κ2) is 6.76. The fourth-order valence-electron chi connectivity index (χ4n) is 6.23. The number of benzene rings is 4. The number of rotatable bonds is 4. The summed E-state index contributed by atoms with van der Waals surface area (Å²) in [7, 11) is 0. The van der Waals surface area contributed by atoms with Gasteiger partial charge in [-0.05, 0) is 36.4 Å². The third-order valence-corrected chi connectivity index (χ3v) is 7.37. The van der Waals surface area contributed by atoms with Gasteiger partial charge < -0.3 is 0 Å². The van der Waals surface area contributed by atoms with E-state index in [1.807, 2.05) is 0 Å². The van der Waals surface area contributed by atoms with Crippen molar-refractivity contribution < 1.29 is 4.58 Å². The highest BCUT2D eigenvalue weighted by molar-refractivity contribution is 5.71. The Labute approximate surface area is 183 Å². The topological polar surface area (TPSA) is 3.01 Å². The fourth-order valence-corrected chi connectivity index (χ4v) is 6.23. The quantitative estimate of drug-likeness (QED) is 0.210. The summed E-state index contributed by atoms with van der Waals surface area (Å²) in [6.07, 6.45) is 1.06. The summed E-state index contributed by atoms with van der Waals surface area (Å²) in [5, 5.41) is 0. The van der Waals surface area contributed by atoms with Crippen molar-refractivity contribution in [2.75, 3.05) is 0 Å². The Balaban J connectivity index is 1.61. The monoisotopic (exact) mass is 402 g/mol. The van der Waals surface area contributed by atoms with Gasteiger partial charge in [-0.25, -0.2) is 0 Å². The molecule has 1 unspecified atom stereocenters. The molecule has 0 aromatic heterocycles. The molecule has 0 saturated carbocycles. The summed E-state index contributed by atoms with van der Waals surface area (Å²) in [6.45, 7) is 4.73. The molecule has 31 heavy (non-hydrogen) atoms. The van der Waals surface area contributed by atoms with Crippen molar-refractivity contribution in [1.29, 1.82) is 0 Å². The van der Waals surface area contributed by atoms with E-state index < -0.39 is 0 Å². The summed E-state index contributed by atoms with van der Waals surface area (Å²) >= 11 is 0. The van der Waals surface area contributed by atoms with Crippen LogP contribution in [0.4, 0.5) is 11.4 Å². The molecule has 0 N–H and O–H groups in total. The van der Waals surface area contributed by atoms with Gasteiger partial charge in [0, 0.05) is 5.56 Å². The third-order valence-electron chi connectivity index (χ3n) is 7.37. The minimum atomic E-state index is -0.232. The number of quaternary nitrogens is 1. The van der Waals surface area contributed by atoms with E-state index in [4.69, 9.17) is 6.72 Å². The first-order valence-corrected chi connectivity index (χ1v) is 11.0. The van der Waals surface area contributed by atoms with Gasteiger partial charge in [0.05, 0.1) is 12.0 Å².